The minimum absolute atomic E-state index is 0.160. The molecule has 24 heavy (non-hydrogen) atoms. The Bertz CT molecular complexity index is 988. The minimum Gasteiger partial charge on any atom is -0.361 e. The van der Waals surface area contributed by atoms with Crippen LogP contribution in [0.1, 0.15) is 22.7 Å². The molecular formula is C20H16N4. The predicted molar refractivity (Wildman–Crippen MR) is 93.5 cm³/mol. The molecule has 1 atom stereocenters. The fraction of sp³-hybridized carbons (Fsp3) is 0.100. The third-order valence-corrected chi connectivity index (χ3v) is 4.36. The molecule has 0 fully saturated rings. The van der Waals surface area contributed by atoms with E-state index in [0.29, 0.717) is 5.56 Å². The Morgan fingerprint density at radius 2 is 2.00 bits per heavy atom. The van der Waals surface area contributed by atoms with E-state index in [2.05, 4.69) is 44.9 Å². The van der Waals surface area contributed by atoms with E-state index in [-0.39, 0.29) is 6.04 Å². The summed E-state index contributed by atoms with van der Waals surface area (Å²) in [4.78, 5) is 7.48. The molecule has 0 aliphatic carbocycles. The third kappa shape index (κ3) is 2.68. The van der Waals surface area contributed by atoms with Crippen molar-refractivity contribution in [2.75, 3.05) is 0 Å². The quantitative estimate of drug-likeness (QED) is 0.617. The van der Waals surface area contributed by atoms with Crippen LogP contribution in [0.4, 0.5) is 0 Å². The molecule has 2 aromatic heterocycles. The van der Waals surface area contributed by atoms with Gasteiger partial charge in [0.25, 0.3) is 0 Å². The van der Waals surface area contributed by atoms with Gasteiger partial charge in [0, 0.05) is 24.1 Å². The molecule has 0 bridgehead atoms. The molecule has 2 aromatic carbocycles. The van der Waals surface area contributed by atoms with Crippen molar-refractivity contribution in [3.8, 4) is 6.07 Å². The lowest BCUT2D eigenvalue weighted by Gasteiger charge is -2.19. The number of H-pyrrole nitrogens is 1. The van der Waals surface area contributed by atoms with Crippen LogP contribution in [0.2, 0.25) is 0 Å². The number of imidazole rings is 1. The summed E-state index contributed by atoms with van der Waals surface area (Å²) in [6.45, 7) is 0. The van der Waals surface area contributed by atoms with Crippen LogP contribution in [-0.4, -0.2) is 14.5 Å². The van der Waals surface area contributed by atoms with Gasteiger partial charge in [0.1, 0.15) is 0 Å². The highest BCUT2D eigenvalue weighted by Crippen LogP contribution is 2.26. The van der Waals surface area contributed by atoms with Crippen LogP contribution in [0.3, 0.4) is 0 Å². The van der Waals surface area contributed by atoms with E-state index in [1.165, 1.54) is 16.5 Å². The van der Waals surface area contributed by atoms with Crippen molar-refractivity contribution >= 4 is 10.9 Å². The highest BCUT2D eigenvalue weighted by Gasteiger charge is 2.15. The molecule has 0 saturated heterocycles. The molecule has 4 rings (SSSR count). The first-order chi connectivity index (χ1) is 11.8. The van der Waals surface area contributed by atoms with Gasteiger partial charge in [0.15, 0.2) is 0 Å². The van der Waals surface area contributed by atoms with Crippen LogP contribution in [0.5, 0.6) is 0 Å². The van der Waals surface area contributed by atoms with Gasteiger partial charge in [0.2, 0.25) is 0 Å². The van der Waals surface area contributed by atoms with E-state index >= 15 is 0 Å². The Hall–Kier alpha value is -3.32. The lowest BCUT2D eigenvalue weighted by Crippen LogP contribution is -2.12. The fourth-order valence-electron chi connectivity index (χ4n) is 3.06. The number of hydrogen-bond acceptors (Lipinski definition) is 2. The van der Waals surface area contributed by atoms with E-state index in [9.17, 15) is 0 Å². The number of benzene rings is 2. The van der Waals surface area contributed by atoms with Crippen LogP contribution >= 0.6 is 0 Å². The van der Waals surface area contributed by atoms with E-state index in [0.717, 1.165) is 11.9 Å². The monoisotopic (exact) mass is 312 g/mol. The molecule has 2 heterocycles. The molecular weight excluding hydrogens is 296 g/mol. The Morgan fingerprint density at radius 1 is 1.12 bits per heavy atom. The highest BCUT2D eigenvalue weighted by atomic mass is 15.0. The normalized spacial score (nSPS) is 12.1. The van der Waals surface area contributed by atoms with Gasteiger partial charge in [-0.2, -0.15) is 5.26 Å². The predicted octanol–water partition coefficient (Wildman–Crippen LogP) is 4.07. The third-order valence-electron chi connectivity index (χ3n) is 4.36. The number of aromatic amines is 1. The first kappa shape index (κ1) is 14.3. The van der Waals surface area contributed by atoms with Gasteiger partial charge in [-0.15, -0.1) is 0 Å². The van der Waals surface area contributed by atoms with Crippen LogP contribution in [0, 0.1) is 11.3 Å². The molecule has 0 aliphatic heterocycles. The molecule has 0 radical (unpaired) electrons. The summed E-state index contributed by atoms with van der Waals surface area (Å²) in [7, 11) is 0. The zero-order valence-electron chi connectivity index (χ0n) is 13.1. The SMILES string of the molecule is N#Cc1ccc(CC(c2ccc3cc[nH]c3c2)n2ccnc2)cc1. The van der Waals surface area contributed by atoms with Crippen LogP contribution in [0.15, 0.2) is 73.4 Å². The van der Waals surface area contributed by atoms with Gasteiger partial charge < -0.3 is 9.55 Å². The first-order valence-electron chi connectivity index (χ1n) is 7.87. The second-order valence-electron chi connectivity index (χ2n) is 5.86. The smallest absolute Gasteiger partial charge is 0.0991 e. The summed E-state index contributed by atoms with van der Waals surface area (Å²) in [6, 6.07) is 18.7. The van der Waals surface area contributed by atoms with E-state index < -0.39 is 0 Å². The molecule has 0 amide bonds. The lowest BCUT2D eigenvalue weighted by atomic mass is 9.97. The number of nitrogens with zero attached hydrogens (tertiary/aromatic N) is 3. The average Bonchev–Trinajstić information content (AvgIpc) is 3.31. The van der Waals surface area contributed by atoms with Crippen molar-refractivity contribution in [2.24, 2.45) is 0 Å². The maximum Gasteiger partial charge on any atom is 0.0991 e. The van der Waals surface area contributed by atoms with Crippen molar-refractivity contribution in [1.29, 1.82) is 5.26 Å². The summed E-state index contributed by atoms with van der Waals surface area (Å²) in [6.07, 6.45) is 8.45. The summed E-state index contributed by atoms with van der Waals surface area (Å²) < 4.78 is 2.13. The maximum absolute atomic E-state index is 8.95. The lowest BCUT2D eigenvalue weighted by molar-refractivity contribution is 0.581. The Labute approximate surface area is 140 Å². The fourth-order valence-corrected chi connectivity index (χ4v) is 3.06. The number of aromatic nitrogens is 3. The number of nitrogens with one attached hydrogen (secondary N) is 1. The molecule has 116 valence electrons. The topological polar surface area (TPSA) is 57.4 Å². The Balaban J connectivity index is 1.72. The van der Waals surface area contributed by atoms with E-state index in [1.54, 1.807) is 6.20 Å². The van der Waals surface area contributed by atoms with Gasteiger partial charge in [-0.3, -0.25) is 0 Å². The van der Waals surface area contributed by atoms with Crippen LogP contribution < -0.4 is 0 Å². The average molecular weight is 312 g/mol. The summed E-state index contributed by atoms with van der Waals surface area (Å²) in [5.41, 5.74) is 4.25. The molecule has 1 N–H and O–H groups in total. The summed E-state index contributed by atoms with van der Waals surface area (Å²) in [5.74, 6) is 0. The van der Waals surface area contributed by atoms with Crippen LogP contribution in [-0.2, 0) is 6.42 Å². The number of hydrogen-bond donors (Lipinski definition) is 1. The molecule has 4 heteroatoms. The first-order valence-corrected chi connectivity index (χ1v) is 7.87. The minimum atomic E-state index is 0.160. The number of fused-ring (bicyclic) bond motifs is 1. The van der Waals surface area contributed by atoms with Crippen molar-refractivity contribution in [3.05, 3.63) is 90.1 Å². The van der Waals surface area contributed by atoms with Crippen molar-refractivity contribution in [3.63, 3.8) is 0 Å². The molecule has 1 unspecified atom stereocenters. The van der Waals surface area contributed by atoms with Gasteiger partial charge in [-0.05, 0) is 47.2 Å². The molecule has 0 aliphatic rings. The maximum atomic E-state index is 8.95. The van der Waals surface area contributed by atoms with Gasteiger partial charge in [-0.25, -0.2) is 4.98 Å². The zero-order chi connectivity index (χ0) is 16.4. The van der Waals surface area contributed by atoms with Gasteiger partial charge in [-0.1, -0.05) is 24.3 Å². The largest absolute Gasteiger partial charge is 0.361 e. The van der Waals surface area contributed by atoms with Crippen LogP contribution in [0.25, 0.3) is 10.9 Å². The number of nitriles is 1. The summed E-state index contributed by atoms with van der Waals surface area (Å²) >= 11 is 0. The van der Waals surface area contributed by atoms with Gasteiger partial charge >= 0.3 is 0 Å². The standard InChI is InChI=1S/C20H16N4/c21-13-16-3-1-15(2-4-16)11-20(24-10-9-22-14-24)18-6-5-17-7-8-23-19(17)12-18/h1-10,12,14,20,23H,11H2. The van der Waals surface area contributed by atoms with E-state index in [4.69, 9.17) is 5.26 Å². The van der Waals surface area contributed by atoms with Crippen molar-refractivity contribution in [1.82, 2.24) is 14.5 Å². The van der Waals surface area contributed by atoms with E-state index in [1.807, 2.05) is 43.0 Å². The Morgan fingerprint density at radius 3 is 2.75 bits per heavy atom. The molecule has 0 spiro atoms. The van der Waals surface area contributed by atoms with Gasteiger partial charge in [0.05, 0.1) is 24.0 Å². The van der Waals surface area contributed by atoms with Crippen molar-refractivity contribution in [2.45, 2.75) is 12.5 Å². The second-order valence-corrected chi connectivity index (χ2v) is 5.86. The zero-order valence-corrected chi connectivity index (χ0v) is 13.1. The second kappa shape index (κ2) is 6.05. The number of rotatable bonds is 4. The summed E-state index contributed by atoms with van der Waals surface area (Å²) in [5, 5.41) is 10.2. The molecule has 4 aromatic rings. The highest BCUT2D eigenvalue weighted by molar-refractivity contribution is 5.80. The molecule has 4 nitrogen and oxygen atoms in total. The Kier molecular flexibility index (Phi) is 3.60. The van der Waals surface area contributed by atoms with Crippen molar-refractivity contribution < 1.29 is 0 Å². The molecule has 0 saturated carbocycles.